The van der Waals surface area contributed by atoms with E-state index in [2.05, 4.69) is 24.8 Å². The van der Waals surface area contributed by atoms with Crippen LogP contribution in [0, 0.1) is 6.92 Å². The van der Waals surface area contributed by atoms with Crippen molar-refractivity contribution in [1.29, 1.82) is 0 Å². The van der Waals surface area contributed by atoms with Gasteiger partial charge in [0.15, 0.2) is 0 Å². The molecule has 3 rings (SSSR count). The van der Waals surface area contributed by atoms with Crippen LogP contribution in [0.5, 0.6) is 0 Å². The normalized spacial score (nSPS) is 15.8. The molecule has 2 aromatic heterocycles. The Kier molecular flexibility index (Phi) is 3.48. The van der Waals surface area contributed by atoms with Gasteiger partial charge in [-0.05, 0) is 6.92 Å². The highest BCUT2D eigenvalue weighted by Gasteiger charge is 2.21. The number of hydrogen-bond donors (Lipinski definition) is 0. The van der Waals surface area contributed by atoms with Crippen molar-refractivity contribution in [3.63, 3.8) is 0 Å². The first kappa shape index (κ1) is 13.2. The van der Waals surface area contributed by atoms with Crippen LogP contribution in [-0.2, 0) is 7.05 Å². The van der Waals surface area contributed by atoms with Gasteiger partial charge in [-0.3, -0.25) is 0 Å². The molecule has 0 amide bonds. The van der Waals surface area contributed by atoms with Crippen LogP contribution in [-0.4, -0.2) is 45.7 Å². The number of rotatable bonds is 2. The van der Waals surface area contributed by atoms with Crippen LogP contribution in [0.15, 0.2) is 18.5 Å². The molecule has 1 aliphatic rings. The van der Waals surface area contributed by atoms with E-state index in [0.717, 1.165) is 37.9 Å². The first-order chi connectivity index (χ1) is 9.63. The molecule has 0 radical (unpaired) electrons. The molecular formula is C13H17ClN6. The first-order valence-corrected chi connectivity index (χ1v) is 7.00. The van der Waals surface area contributed by atoms with Gasteiger partial charge >= 0.3 is 0 Å². The van der Waals surface area contributed by atoms with E-state index in [9.17, 15) is 0 Å². The first-order valence-electron chi connectivity index (χ1n) is 6.62. The third kappa shape index (κ3) is 2.56. The van der Waals surface area contributed by atoms with Gasteiger partial charge in [0.2, 0.25) is 5.95 Å². The summed E-state index contributed by atoms with van der Waals surface area (Å²) in [5, 5.41) is 0.499. The topological polar surface area (TPSA) is 50.1 Å². The maximum Gasteiger partial charge on any atom is 0.205 e. The lowest BCUT2D eigenvalue weighted by atomic mass is 10.3. The van der Waals surface area contributed by atoms with Crippen LogP contribution in [0.1, 0.15) is 5.82 Å². The highest BCUT2D eigenvalue weighted by atomic mass is 35.5. The summed E-state index contributed by atoms with van der Waals surface area (Å²) in [5.74, 6) is 2.63. The highest BCUT2D eigenvalue weighted by Crippen LogP contribution is 2.19. The second-order valence-corrected chi connectivity index (χ2v) is 5.30. The fourth-order valence-corrected chi connectivity index (χ4v) is 2.70. The van der Waals surface area contributed by atoms with Crippen LogP contribution in [0.3, 0.4) is 0 Å². The van der Waals surface area contributed by atoms with Gasteiger partial charge in [-0.25, -0.2) is 15.0 Å². The largest absolute Gasteiger partial charge is 0.353 e. The van der Waals surface area contributed by atoms with Crippen molar-refractivity contribution < 1.29 is 0 Å². The molecule has 1 fully saturated rings. The van der Waals surface area contributed by atoms with Gasteiger partial charge in [0.25, 0.3) is 0 Å². The fourth-order valence-electron chi connectivity index (χ4n) is 2.48. The molecule has 0 saturated carbocycles. The van der Waals surface area contributed by atoms with E-state index < -0.39 is 0 Å². The SMILES string of the molecule is Cc1nc(Cl)cc(N2CCN(c3nccn3C)CC2)n1. The van der Waals surface area contributed by atoms with Crippen molar-refractivity contribution in [1.82, 2.24) is 19.5 Å². The van der Waals surface area contributed by atoms with Gasteiger partial charge in [-0.15, -0.1) is 0 Å². The molecule has 0 aromatic carbocycles. The molecule has 0 unspecified atom stereocenters. The van der Waals surface area contributed by atoms with Crippen LogP contribution < -0.4 is 9.80 Å². The zero-order valence-corrected chi connectivity index (χ0v) is 12.4. The number of piperazine rings is 1. The van der Waals surface area contributed by atoms with Crippen molar-refractivity contribution in [3.8, 4) is 0 Å². The van der Waals surface area contributed by atoms with Crippen molar-refractivity contribution in [2.45, 2.75) is 6.92 Å². The van der Waals surface area contributed by atoms with E-state index >= 15 is 0 Å². The molecule has 1 aliphatic heterocycles. The Balaban J connectivity index is 1.71. The zero-order valence-electron chi connectivity index (χ0n) is 11.6. The minimum Gasteiger partial charge on any atom is -0.353 e. The summed E-state index contributed by atoms with van der Waals surface area (Å²) in [5.41, 5.74) is 0. The van der Waals surface area contributed by atoms with Crippen molar-refractivity contribution in [2.24, 2.45) is 7.05 Å². The standard InChI is InChI=1S/C13H17ClN6/c1-10-16-11(14)9-12(17-10)19-5-7-20(8-6-19)13-15-3-4-18(13)2/h3-4,9H,5-8H2,1-2H3. The maximum atomic E-state index is 6.00. The molecule has 0 atom stereocenters. The average molecular weight is 293 g/mol. The fraction of sp³-hybridized carbons (Fsp3) is 0.462. The monoisotopic (exact) mass is 292 g/mol. The third-order valence-electron chi connectivity index (χ3n) is 3.48. The number of aryl methyl sites for hydroxylation is 2. The number of aromatic nitrogens is 4. The summed E-state index contributed by atoms with van der Waals surface area (Å²) >= 11 is 6.00. The smallest absolute Gasteiger partial charge is 0.205 e. The van der Waals surface area contributed by atoms with Gasteiger partial charge in [0.05, 0.1) is 0 Å². The second-order valence-electron chi connectivity index (χ2n) is 4.91. The van der Waals surface area contributed by atoms with Gasteiger partial charge in [-0.1, -0.05) is 11.6 Å². The molecule has 6 nitrogen and oxygen atoms in total. The van der Waals surface area contributed by atoms with Gasteiger partial charge in [-0.2, -0.15) is 0 Å². The van der Waals surface area contributed by atoms with Crippen molar-refractivity contribution >= 4 is 23.4 Å². The number of nitrogens with zero attached hydrogens (tertiary/aromatic N) is 6. The molecule has 7 heteroatoms. The van der Waals surface area contributed by atoms with Gasteiger partial charge in [0.1, 0.15) is 16.8 Å². The van der Waals surface area contributed by atoms with Crippen LogP contribution in [0.25, 0.3) is 0 Å². The quantitative estimate of drug-likeness (QED) is 0.785. The van der Waals surface area contributed by atoms with Crippen molar-refractivity contribution in [2.75, 3.05) is 36.0 Å². The Morgan fingerprint density at radius 1 is 1.10 bits per heavy atom. The molecule has 20 heavy (non-hydrogen) atoms. The molecular weight excluding hydrogens is 276 g/mol. The van der Waals surface area contributed by atoms with E-state index in [-0.39, 0.29) is 0 Å². The number of anilines is 2. The molecule has 2 aromatic rings. The Morgan fingerprint density at radius 3 is 2.40 bits per heavy atom. The van der Waals surface area contributed by atoms with Crippen LogP contribution in [0.2, 0.25) is 5.15 Å². The van der Waals surface area contributed by atoms with E-state index in [1.165, 1.54) is 0 Å². The minimum atomic E-state index is 0.499. The lowest BCUT2D eigenvalue weighted by Crippen LogP contribution is -2.47. The highest BCUT2D eigenvalue weighted by molar-refractivity contribution is 6.29. The lowest BCUT2D eigenvalue weighted by molar-refractivity contribution is 0.624. The molecule has 0 aliphatic carbocycles. The lowest BCUT2D eigenvalue weighted by Gasteiger charge is -2.35. The molecule has 0 bridgehead atoms. The summed E-state index contributed by atoms with van der Waals surface area (Å²) in [4.78, 5) is 17.5. The summed E-state index contributed by atoms with van der Waals surface area (Å²) in [7, 11) is 2.02. The Hall–Kier alpha value is -1.82. The zero-order chi connectivity index (χ0) is 14.1. The van der Waals surface area contributed by atoms with Gasteiger partial charge in [0, 0.05) is 51.7 Å². The summed E-state index contributed by atoms with van der Waals surface area (Å²) in [6.45, 7) is 5.51. The molecule has 3 heterocycles. The van der Waals surface area contributed by atoms with Crippen molar-refractivity contribution in [3.05, 3.63) is 29.4 Å². The Labute approximate surface area is 123 Å². The van der Waals surface area contributed by atoms with E-state index in [1.54, 1.807) is 0 Å². The average Bonchev–Trinajstić information content (AvgIpc) is 2.84. The number of imidazole rings is 1. The molecule has 106 valence electrons. The van der Waals surface area contributed by atoms with E-state index in [0.29, 0.717) is 11.0 Å². The summed E-state index contributed by atoms with van der Waals surface area (Å²) in [6, 6.07) is 1.82. The van der Waals surface area contributed by atoms with E-state index in [1.807, 2.05) is 37.0 Å². The molecule has 1 saturated heterocycles. The number of halogens is 1. The van der Waals surface area contributed by atoms with E-state index in [4.69, 9.17) is 11.6 Å². The Morgan fingerprint density at radius 2 is 1.80 bits per heavy atom. The molecule has 0 spiro atoms. The molecule has 0 N–H and O–H groups in total. The maximum absolute atomic E-state index is 6.00. The van der Waals surface area contributed by atoms with Crippen LogP contribution in [0.4, 0.5) is 11.8 Å². The Bertz CT molecular complexity index is 582. The summed E-state index contributed by atoms with van der Waals surface area (Å²) in [6.07, 6.45) is 3.80. The number of hydrogen-bond acceptors (Lipinski definition) is 5. The second kappa shape index (κ2) is 5.28. The third-order valence-corrected chi connectivity index (χ3v) is 3.67. The predicted molar refractivity (Wildman–Crippen MR) is 79.4 cm³/mol. The predicted octanol–water partition coefficient (Wildman–Crippen LogP) is 1.50. The van der Waals surface area contributed by atoms with Crippen LogP contribution >= 0.6 is 11.6 Å². The summed E-state index contributed by atoms with van der Waals surface area (Å²) < 4.78 is 2.04. The minimum absolute atomic E-state index is 0.499. The van der Waals surface area contributed by atoms with Gasteiger partial charge < -0.3 is 14.4 Å².